The van der Waals surface area contributed by atoms with Crippen LogP contribution < -0.4 is 10.1 Å². The van der Waals surface area contributed by atoms with Gasteiger partial charge in [0.05, 0.1) is 18.5 Å². The molecule has 6 heteroatoms. The number of para-hydroxylation sites is 1. The highest BCUT2D eigenvalue weighted by Crippen LogP contribution is 2.39. The second-order valence-corrected chi connectivity index (χ2v) is 9.08. The van der Waals surface area contributed by atoms with Crippen LogP contribution in [-0.4, -0.2) is 41.6 Å². The van der Waals surface area contributed by atoms with E-state index in [9.17, 15) is 0 Å². The second-order valence-electron chi connectivity index (χ2n) is 8.00. The monoisotopic (exact) mass is 408 g/mol. The molecule has 2 aliphatic rings. The average Bonchev–Trinajstić information content (AvgIpc) is 3.42. The van der Waals surface area contributed by atoms with Gasteiger partial charge in [-0.2, -0.15) is 0 Å². The van der Waals surface area contributed by atoms with Crippen molar-refractivity contribution >= 4 is 27.4 Å². The highest BCUT2D eigenvalue weighted by molar-refractivity contribution is 7.19. The summed E-state index contributed by atoms with van der Waals surface area (Å²) in [6.45, 7) is 3.09. The van der Waals surface area contributed by atoms with Gasteiger partial charge in [-0.3, -0.25) is 4.90 Å². The number of aryl methyl sites for hydroxylation is 2. The number of anilines is 1. The predicted octanol–water partition coefficient (Wildman–Crippen LogP) is 4.83. The van der Waals surface area contributed by atoms with Gasteiger partial charge in [-0.1, -0.05) is 18.2 Å². The zero-order valence-corrected chi connectivity index (χ0v) is 17.8. The van der Waals surface area contributed by atoms with Gasteiger partial charge in [-0.05, 0) is 63.2 Å². The average molecular weight is 409 g/mol. The number of fused-ring (bicyclic) bond motifs is 3. The molecule has 5 rings (SSSR count). The fraction of sp³-hybridized carbons (Fsp3) is 0.478. The zero-order valence-electron chi connectivity index (χ0n) is 17.0. The molecule has 1 fully saturated rings. The van der Waals surface area contributed by atoms with Crippen molar-refractivity contribution in [1.29, 1.82) is 0 Å². The number of nitrogens with one attached hydrogen (secondary N) is 1. The summed E-state index contributed by atoms with van der Waals surface area (Å²) in [4.78, 5) is 14.4. The Bertz CT molecular complexity index is 996. The van der Waals surface area contributed by atoms with Crippen LogP contribution in [0.5, 0.6) is 5.75 Å². The molecule has 152 valence electrons. The fourth-order valence-corrected chi connectivity index (χ4v) is 6.08. The van der Waals surface area contributed by atoms with Crippen molar-refractivity contribution < 1.29 is 4.74 Å². The van der Waals surface area contributed by atoms with E-state index < -0.39 is 0 Å². The lowest BCUT2D eigenvalue weighted by atomic mass is 9.97. The van der Waals surface area contributed by atoms with Gasteiger partial charge in [0.15, 0.2) is 0 Å². The third-order valence-electron chi connectivity index (χ3n) is 6.29. The van der Waals surface area contributed by atoms with Crippen LogP contribution in [0.3, 0.4) is 0 Å². The topological polar surface area (TPSA) is 50.3 Å². The Balaban J connectivity index is 1.47. The number of aromatic nitrogens is 2. The molecule has 1 aliphatic heterocycles. The maximum Gasteiger partial charge on any atom is 0.138 e. The third kappa shape index (κ3) is 3.60. The maximum atomic E-state index is 5.69. The smallest absolute Gasteiger partial charge is 0.138 e. The summed E-state index contributed by atoms with van der Waals surface area (Å²) in [5.74, 6) is 1.96. The Hall–Kier alpha value is -2.18. The molecule has 3 aromatic rings. The Morgan fingerprint density at radius 1 is 1.10 bits per heavy atom. The number of ether oxygens (including phenoxy) is 1. The maximum absolute atomic E-state index is 5.69. The Kier molecular flexibility index (Phi) is 5.38. The largest absolute Gasteiger partial charge is 0.496 e. The van der Waals surface area contributed by atoms with Gasteiger partial charge in [0.2, 0.25) is 0 Å². The summed E-state index contributed by atoms with van der Waals surface area (Å²) in [6, 6.07) is 8.69. The molecule has 0 bridgehead atoms. The summed E-state index contributed by atoms with van der Waals surface area (Å²) in [5, 5.41) is 4.97. The molecule has 1 saturated heterocycles. The SMILES string of the molecule is COc1ccccc1C(CNc1ncnc2sc3c(c12)CCCC3)N1CCCC1. The summed E-state index contributed by atoms with van der Waals surface area (Å²) in [5.41, 5.74) is 2.73. The Morgan fingerprint density at radius 2 is 1.93 bits per heavy atom. The number of methoxy groups -OCH3 is 1. The van der Waals surface area contributed by atoms with E-state index in [1.54, 1.807) is 13.4 Å². The molecular formula is C23H28N4OS. The first-order valence-corrected chi connectivity index (χ1v) is 11.5. The van der Waals surface area contributed by atoms with Crippen molar-refractivity contribution in [2.75, 3.05) is 32.1 Å². The molecule has 1 aliphatic carbocycles. The third-order valence-corrected chi connectivity index (χ3v) is 7.49. The van der Waals surface area contributed by atoms with E-state index in [-0.39, 0.29) is 6.04 Å². The van der Waals surface area contributed by atoms with E-state index in [2.05, 4.69) is 38.4 Å². The predicted molar refractivity (Wildman–Crippen MR) is 119 cm³/mol. The molecule has 2 aromatic heterocycles. The van der Waals surface area contributed by atoms with Crippen molar-refractivity contribution in [3.8, 4) is 5.75 Å². The summed E-state index contributed by atoms with van der Waals surface area (Å²) in [6.07, 6.45) is 9.14. The van der Waals surface area contributed by atoms with Crippen LogP contribution in [0.2, 0.25) is 0 Å². The van der Waals surface area contributed by atoms with Gasteiger partial charge in [-0.25, -0.2) is 9.97 Å². The van der Waals surface area contributed by atoms with Crippen LogP contribution >= 0.6 is 11.3 Å². The standard InChI is InChI=1S/C23H28N4OS/c1-28-19-10-4-2-8-16(19)18(27-12-6-7-13-27)14-24-22-21-17-9-3-5-11-20(17)29-23(21)26-15-25-22/h2,4,8,10,15,18H,3,5-7,9,11-14H2,1H3,(H,24,25,26). The quantitative estimate of drug-likeness (QED) is 0.633. The van der Waals surface area contributed by atoms with E-state index in [4.69, 9.17) is 4.74 Å². The molecule has 0 saturated carbocycles. The molecule has 1 atom stereocenters. The minimum absolute atomic E-state index is 0.271. The van der Waals surface area contributed by atoms with E-state index in [0.717, 1.165) is 42.5 Å². The lowest BCUT2D eigenvalue weighted by Crippen LogP contribution is -2.31. The highest BCUT2D eigenvalue weighted by Gasteiger charge is 2.27. The number of thiophene rings is 1. The van der Waals surface area contributed by atoms with Gasteiger partial charge >= 0.3 is 0 Å². The van der Waals surface area contributed by atoms with E-state index in [1.807, 2.05) is 17.4 Å². The minimum Gasteiger partial charge on any atom is -0.496 e. The van der Waals surface area contributed by atoms with Gasteiger partial charge in [0, 0.05) is 17.0 Å². The molecule has 0 amide bonds. The molecule has 29 heavy (non-hydrogen) atoms. The molecule has 5 nitrogen and oxygen atoms in total. The van der Waals surface area contributed by atoms with Crippen LogP contribution in [0.4, 0.5) is 5.82 Å². The van der Waals surface area contributed by atoms with Crippen molar-refractivity contribution in [2.24, 2.45) is 0 Å². The van der Waals surface area contributed by atoms with Crippen molar-refractivity contribution in [3.05, 3.63) is 46.6 Å². The summed E-state index contributed by atoms with van der Waals surface area (Å²) in [7, 11) is 1.76. The van der Waals surface area contributed by atoms with Crippen LogP contribution in [0.1, 0.15) is 47.7 Å². The minimum atomic E-state index is 0.271. The first-order valence-electron chi connectivity index (χ1n) is 10.7. The number of benzene rings is 1. The number of hydrogen-bond donors (Lipinski definition) is 1. The van der Waals surface area contributed by atoms with E-state index in [0.29, 0.717) is 0 Å². The number of hydrogen-bond acceptors (Lipinski definition) is 6. The van der Waals surface area contributed by atoms with Crippen molar-refractivity contribution in [1.82, 2.24) is 14.9 Å². The van der Waals surface area contributed by atoms with Crippen molar-refractivity contribution in [2.45, 2.75) is 44.6 Å². The summed E-state index contributed by atoms with van der Waals surface area (Å²) < 4.78 is 5.69. The van der Waals surface area contributed by atoms with Gasteiger partial charge < -0.3 is 10.1 Å². The second kappa shape index (κ2) is 8.28. The van der Waals surface area contributed by atoms with Crippen molar-refractivity contribution in [3.63, 3.8) is 0 Å². The Morgan fingerprint density at radius 3 is 2.79 bits per heavy atom. The molecule has 1 N–H and O–H groups in total. The molecule has 3 heterocycles. The number of rotatable bonds is 6. The number of likely N-dealkylation sites (tertiary alicyclic amines) is 1. The van der Waals surface area contributed by atoms with Crippen LogP contribution in [0.25, 0.3) is 10.2 Å². The van der Waals surface area contributed by atoms with Gasteiger partial charge in [0.1, 0.15) is 22.7 Å². The number of nitrogens with zero attached hydrogens (tertiary/aromatic N) is 3. The lowest BCUT2D eigenvalue weighted by Gasteiger charge is -2.29. The zero-order chi connectivity index (χ0) is 19.6. The van der Waals surface area contributed by atoms with Crippen LogP contribution in [-0.2, 0) is 12.8 Å². The molecule has 0 radical (unpaired) electrons. The first kappa shape index (κ1) is 18.8. The first-order chi connectivity index (χ1) is 14.3. The fourth-order valence-electron chi connectivity index (χ4n) is 4.85. The molecule has 1 aromatic carbocycles. The molecule has 0 spiro atoms. The van der Waals surface area contributed by atoms with E-state index >= 15 is 0 Å². The van der Waals surface area contributed by atoms with Gasteiger partial charge in [0.25, 0.3) is 0 Å². The molecule has 1 unspecified atom stereocenters. The summed E-state index contributed by atoms with van der Waals surface area (Å²) >= 11 is 1.85. The van der Waals surface area contributed by atoms with Crippen LogP contribution in [0, 0.1) is 0 Å². The normalized spacial score (nSPS) is 18.0. The van der Waals surface area contributed by atoms with Crippen LogP contribution in [0.15, 0.2) is 30.6 Å². The highest BCUT2D eigenvalue weighted by atomic mass is 32.1. The Labute approximate surface area is 176 Å². The van der Waals surface area contributed by atoms with E-state index in [1.165, 1.54) is 53.5 Å². The van der Waals surface area contributed by atoms with Gasteiger partial charge in [-0.15, -0.1) is 11.3 Å². The molecular weight excluding hydrogens is 380 g/mol. The lowest BCUT2D eigenvalue weighted by molar-refractivity contribution is 0.249.